The van der Waals surface area contributed by atoms with E-state index in [1.54, 1.807) is 0 Å². The van der Waals surface area contributed by atoms with Crippen LogP contribution in [0.1, 0.15) is 44.0 Å². The van der Waals surface area contributed by atoms with E-state index in [1.165, 1.54) is 10.8 Å². The molecular formula is C12H16N4O3. The van der Waals surface area contributed by atoms with Gasteiger partial charge in [-0.25, -0.2) is 4.79 Å². The molecule has 0 aliphatic carbocycles. The lowest BCUT2D eigenvalue weighted by molar-refractivity contribution is 0.362. The van der Waals surface area contributed by atoms with Crippen molar-refractivity contribution in [3.05, 3.63) is 44.3 Å². The maximum atomic E-state index is 11.7. The van der Waals surface area contributed by atoms with Crippen LogP contribution >= 0.6 is 0 Å². The van der Waals surface area contributed by atoms with E-state index in [0.717, 1.165) is 0 Å². The van der Waals surface area contributed by atoms with Crippen molar-refractivity contribution in [1.82, 2.24) is 19.7 Å². The number of hydrogen-bond acceptors (Lipinski definition) is 5. The average molecular weight is 264 g/mol. The molecular weight excluding hydrogens is 248 g/mol. The summed E-state index contributed by atoms with van der Waals surface area (Å²) in [5.41, 5.74) is -0.285. The van der Waals surface area contributed by atoms with E-state index in [2.05, 4.69) is 15.1 Å². The Hall–Kier alpha value is -2.18. The lowest BCUT2D eigenvalue weighted by atomic mass is 10.2. The van der Waals surface area contributed by atoms with Gasteiger partial charge in [0.1, 0.15) is 6.54 Å². The summed E-state index contributed by atoms with van der Waals surface area (Å²) in [6.45, 7) is 5.91. The molecule has 0 spiro atoms. The average Bonchev–Trinajstić information content (AvgIpc) is 2.81. The van der Waals surface area contributed by atoms with Crippen molar-refractivity contribution in [3.63, 3.8) is 0 Å². The smallest absolute Gasteiger partial charge is 0.328 e. The second kappa shape index (κ2) is 5.21. The molecule has 0 bridgehead atoms. The maximum Gasteiger partial charge on any atom is 0.328 e. The zero-order valence-corrected chi connectivity index (χ0v) is 11.1. The van der Waals surface area contributed by atoms with E-state index in [1.807, 2.05) is 20.8 Å². The first kappa shape index (κ1) is 13.3. The Labute approximate surface area is 109 Å². The van der Waals surface area contributed by atoms with E-state index >= 15 is 0 Å². The van der Waals surface area contributed by atoms with Gasteiger partial charge in [0.2, 0.25) is 5.89 Å². The molecule has 2 aromatic heterocycles. The van der Waals surface area contributed by atoms with Gasteiger partial charge in [-0.05, 0) is 6.42 Å². The molecule has 0 radical (unpaired) electrons. The van der Waals surface area contributed by atoms with E-state index in [0.29, 0.717) is 23.7 Å². The molecule has 0 aliphatic heterocycles. The number of H-pyrrole nitrogens is 1. The standard InChI is InChI=1S/C12H16N4O3/c1-4-8-5-16(12(18)14-11(8)17)6-9-13-10(7(2)3)15-19-9/h5,7H,4,6H2,1-3H3,(H,14,17,18). The first-order chi connectivity index (χ1) is 9.01. The molecule has 0 fully saturated rings. The summed E-state index contributed by atoms with van der Waals surface area (Å²) in [6, 6.07) is 0. The molecule has 2 rings (SSSR count). The van der Waals surface area contributed by atoms with Crippen LogP contribution in [0, 0.1) is 0 Å². The quantitative estimate of drug-likeness (QED) is 0.875. The Balaban J connectivity index is 2.32. The molecule has 0 saturated carbocycles. The minimum Gasteiger partial charge on any atom is -0.337 e. The molecule has 7 nitrogen and oxygen atoms in total. The van der Waals surface area contributed by atoms with Crippen molar-refractivity contribution in [2.75, 3.05) is 0 Å². The van der Waals surface area contributed by atoms with Crippen molar-refractivity contribution in [3.8, 4) is 0 Å². The maximum absolute atomic E-state index is 11.7. The predicted molar refractivity (Wildman–Crippen MR) is 68.2 cm³/mol. The SMILES string of the molecule is CCc1cn(Cc2nc(C(C)C)no2)c(=O)[nH]c1=O. The number of nitrogens with zero attached hydrogens (tertiary/aromatic N) is 3. The normalized spacial score (nSPS) is 11.2. The molecule has 19 heavy (non-hydrogen) atoms. The Bertz CT molecular complexity index is 681. The highest BCUT2D eigenvalue weighted by Crippen LogP contribution is 2.09. The number of aromatic amines is 1. The van der Waals surface area contributed by atoms with Crippen LogP contribution in [-0.4, -0.2) is 19.7 Å². The summed E-state index contributed by atoms with van der Waals surface area (Å²) in [6.07, 6.45) is 2.08. The summed E-state index contributed by atoms with van der Waals surface area (Å²) in [5, 5.41) is 3.83. The van der Waals surface area contributed by atoms with Crippen LogP contribution in [0.3, 0.4) is 0 Å². The van der Waals surface area contributed by atoms with Gasteiger partial charge in [-0.15, -0.1) is 0 Å². The van der Waals surface area contributed by atoms with Gasteiger partial charge in [0.25, 0.3) is 5.56 Å². The molecule has 0 aliphatic rings. The van der Waals surface area contributed by atoms with Crippen molar-refractivity contribution < 1.29 is 4.52 Å². The first-order valence-corrected chi connectivity index (χ1v) is 6.16. The van der Waals surface area contributed by atoms with Crippen LogP contribution in [-0.2, 0) is 13.0 Å². The molecule has 0 aromatic carbocycles. The van der Waals surface area contributed by atoms with Crippen molar-refractivity contribution >= 4 is 0 Å². The monoisotopic (exact) mass is 264 g/mol. The highest BCUT2D eigenvalue weighted by molar-refractivity contribution is 5.04. The van der Waals surface area contributed by atoms with Gasteiger partial charge in [-0.2, -0.15) is 4.98 Å². The third-order valence-corrected chi connectivity index (χ3v) is 2.77. The zero-order valence-electron chi connectivity index (χ0n) is 11.1. The molecule has 2 heterocycles. The first-order valence-electron chi connectivity index (χ1n) is 6.16. The molecule has 1 N–H and O–H groups in total. The van der Waals surface area contributed by atoms with Crippen LogP contribution in [0.25, 0.3) is 0 Å². The molecule has 7 heteroatoms. The van der Waals surface area contributed by atoms with E-state index in [9.17, 15) is 9.59 Å². The summed E-state index contributed by atoms with van der Waals surface area (Å²) < 4.78 is 6.43. The zero-order chi connectivity index (χ0) is 14.0. The van der Waals surface area contributed by atoms with E-state index in [4.69, 9.17) is 4.52 Å². The fourth-order valence-electron chi connectivity index (χ4n) is 1.64. The van der Waals surface area contributed by atoms with Gasteiger partial charge in [-0.3, -0.25) is 14.3 Å². The van der Waals surface area contributed by atoms with E-state index in [-0.39, 0.29) is 18.0 Å². The molecule has 102 valence electrons. The van der Waals surface area contributed by atoms with Crippen LogP contribution in [0.2, 0.25) is 0 Å². The van der Waals surface area contributed by atoms with Gasteiger partial charge in [0, 0.05) is 17.7 Å². The van der Waals surface area contributed by atoms with Crippen LogP contribution in [0.4, 0.5) is 0 Å². The number of aromatic nitrogens is 4. The molecule has 0 saturated heterocycles. The summed E-state index contributed by atoms with van der Waals surface area (Å²) >= 11 is 0. The number of rotatable bonds is 4. The van der Waals surface area contributed by atoms with Crippen LogP contribution < -0.4 is 11.2 Å². The third kappa shape index (κ3) is 2.81. The topological polar surface area (TPSA) is 93.8 Å². The minimum absolute atomic E-state index is 0.155. The second-order valence-electron chi connectivity index (χ2n) is 4.60. The van der Waals surface area contributed by atoms with Crippen molar-refractivity contribution in [2.45, 2.75) is 39.7 Å². The number of nitrogens with one attached hydrogen (secondary N) is 1. The van der Waals surface area contributed by atoms with Gasteiger partial charge in [-0.1, -0.05) is 25.9 Å². The largest absolute Gasteiger partial charge is 0.337 e. The van der Waals surface area contributed by atoms with Gasteiger partial charge in [0.05, 0.1) is 0 Å². The lowest BCUT2D eigenvalue weighted by Crippen LogP contribution is -2.31. The molecule has 0 unspecified atom stereocenters. The van der Waals surface area contributed by atoms with Gasteiger partial charge < -0.3 is 4.52 Å². The van der Waals surface area contributed by atoms with Crippen molar-refractivity contribution in [1.29, 1.82) is 0 Å². The molecule has 0 amide bonds. The summed E-state index contributed by atoms with van der Waals surface area (Å²) in [5.74, 6) is 1.11. The summed E-state index contributed by atoms with van der Waals surface area (Å²) in [7, 11) is 0. The van der Waals surface area contributed by atoms with Gasteiger partial charge in [0.15, 0.2) is 5.82 Å². The molecule has 2 aromatic rings. The third-order valence-electron chi connectivity index (χ3n) is 2.77. The Morgan fingerprint density at radius 3 is 2.74 bits per heavy atom. The fourth-order valence-corrected chi connectivity index (χ4v) is 1.64. The minimum atomic E-state index is -0.480. The Morgan fingerprint density at radius 2 is 2.16 bits per heavy atom. The number of hydrogen-bond donors (Lipinski definition) is 1. The van der Waals surface area contributed by atoms with Crippen LogP contribution in [0.5, 0.6) is 0 Å². The second-order valence-corrected chi connectivity index (χ2v) is 4.60. The highest BCUT2D eigenvalue weighted by atomic mass is 16.5. The van der Waals surface area contributed by atoms with Crippen molar-refractivity contribution in [2.24, 2.45) is 0 Å². The predicted octanol–water partition coefficient (Wildman–Crippen LogP) is 0.654. The lowest BCUT2D eigenvalue weighted by Gasteiger charge is -2.03. The van der Waals surface area contributed by atoms with Gasteiger partial charge >= 0.3 is 5.69 Å². The Kier molecular flexibility index (Phi) is 3.64. The molecule has 0 atom stereocenters. The fraction of sp³-hybridized carbons (Fsp3) is 0.500. The van der Waals surface area contributed by atoms with E-state index < -0.39 is 5.69 Å². The highest BCUT2D eigenvalue weighted by Gasteiger charge is 2.11. The number of aryl methyl sites for hydroxylation is 1. The summed E-state index contributed by atoms with van der Waals surface area (Å²) in [4.78, 5) is 29.6. The Morgan fingerprint density at radius 1 is 1.42 bits per heavy atom. The van der Waals surface area contributed by atoms with Crippen LogP contribution in [0.15, 0.2) is 20.3 Å².